The topological polar surface area (TPSA) is 72.1 Å². The molecule has 1 heterocycles. The monoisotopic (exact) mass is 364 g/mol. The molecular weight excluding hydrogens is 347 g/mol. The van der Waals surface area contributed by atoms with E-state index >= 15 is 0 Å². The number of esters is 1. The molecule has 27 heavy (non-hydrogen) atoms. The van der Waals surface area contributed by atoms with E-state index < -0.39 is 5.97 Å². The van der Waals surface area contributed by atoms with Gasteiger partial charge in [-0.1, -0.05) is 30.3 Å². The number of ether oxygens (including phenoxy) is 1. The summed E-state index contributed by atoms with van der Waals surface area (Å²) in [5, 5.41) is 9.55. The molecule has 6 heteroatoms. The van der Waals surface area contributed by atoms with Gasteiger partial charge in [-0.25, -0.2) is 4.39 Å². The minimum Gasteiger partial charge on any atom is -0.457 e. The molecule has 0 amide bonds. The number of rotatable bonds is 7. The van der Waals surface area contributed by atoms with Gasteiger partial charge in [0, 0.05) is 29.2 Å². The maximum absolute atomic E-state index is 12.9. The van der Waals surface area contributed by atoms with Gasteiger partial charge in [-0.15, -0.1) is 0 Å². The van der Waals surface area contributed by atoms with Gasteiger partial charge in [0.25, 0.3) is 0 Å². The Hall–Kier alpha value is -3.46. The number of hydrogen-bond acceptors (Lipinski definition) is 4. The Morgan fingerprint density at radius 1 is 1.11 bits per heavy atom. The van der Waals surface area contributed by atoms with Crippen LogP contribution in [0, 0.1) is 17.1 Å². The number of nitrogens with zero attached hydrogens (tertiary/aromatic N) is 2. The second-order valence-corrected chi connectivity index (χ2v) is 6.05. The predicted molar refractivity (Wildman–Crippen MR) is 97.6 cm³/mol. The Balaban J connectivity index is 1.68. The maximum atomic E-state index is 12.9. The first kappa shape index (κ1) is 18.3. The lowest BCUT2D eigenvalue weighted by Crippen LogP contribution is -2.15. The molecule has 0 saturated heterocycles. The normalized spacial score (nSPS) is 10.5. The number of halogens is 1. The lowest BCUT2D eigenvalue weighted by Gasteiger charge is -2.04. The van der Waals surface area contributed by atoms with Gasteiger partial charge < -0.3 is 9.30 Å². The zero-order valence-corrected chi connectivity index (χ0v) is 14.5. The maximum Gasteiger partial charge on any atom is 0.310 e. The highest BCUT2D eigenvalue weighted by molar-refractivity contribution is 6.09. The molecule has 0 saturated carbocycles. The van der Waals surface area contributed by atoms with Crippen molar-refractivity contribution in [1.29, 1.82) is 5.26 Å². The third kappa shape index (κ3) is 4.39. The van der Waals surface area contributed by atoms with Crippen LogP contribution in [-0.4, -0.2) is 22.9 Å². The summed E-state index contributed by atoms with van der Waals surface area (Å²) in [6.45, 7) is 0.112. The van der Waals surface area contributed by atoms with Crippen molar-refractivity contribution in [1.82, 2.24) is 4.57 Å². The molecule has 0 atom stereocenters. The van der Waals surface area contributed by atoms with Gasteiger partial charge in [-0.05, 0) is 23.8 Å². The number of benzene rings is 2. The third-order valence-corrected chi connectivity index (χ3v) is 4.18. The van der Waals surface area contributed by atoms with Crippen LogP contribution in [0.1, 0.15) is 22.3 Å². The first-order valence-electron chi connectivity index (χ1n) is 8.46. The first-order valence-corrected chi connectivity index (χ1v) is 8.46. The molecule has 0 radical (unpaired) electrons. The summed E-state index contributed by atoms with van der Waals surface area (Å²) in [7, 11) is 0. The van der Waals surface area contributed by atoms with Crippen molar-refractivity contribution in [3.8, 4) is 6.07 Å². The minimum absolute atomic E-state index is 0.0303. The molecule has 0 bridgehead atoms. The quantitative estimate of drug-likeness (QED) is 0.474. The van der Waals surface area contributed by atoms with Crippen LogP contribution in [0.2, 0.25) is 0 Å². The molecule has 2 aromatic carbocycles. The zero-order chi connectivity index (χ0) is 19.2. The van der Waals surface area contributed by atoms with Crippen LogP contribution >= 0.6 is 0 Å². The number of aryl methyl sites for hydroxylation is 1. The standard InChI is InChI=1S/C21H17FN2O3/c22-16-8-6-15(7-9-16)12-21(26)27-14-20(25)18-13-24(11-3-10-23)19-5-2-1-4-17(18)19/h1-2,4-9,13H,3,11-12,14H2. The van der Waals surface area contributed by atoms with E-state index in [9.17, 15) is 14.0 Å². The smallest absolute Gasteiger partial charge is 0.310 e. The molecule has 0 aliphatic carbocycles. The second-order valence-electron chi connectivity index (χ2n) is 6.05. The Morgan fingerprint density at radius 2 is 1.85 bits per heavy atom. The molecule has 0 spiro atoms. The predicted octanol–water partition coefficient (Wildman–Crippen LogP) is 3.66. The van der Waals surface area contributed by atoms with Crippen molar-refractivity contribution in [3.63, 3.8) is 0 Å². The lowest BCUT2D eigenvalue weighted by atomic mass is 10.1. The number of hydrogen-bond donors (Lipinski definition) is 0. The van der Waals surface area contributed by atoms with Crippen LogP contribution in [0.3, 0.4) is 0 Å². The Kier molecular flexibility index (Phi) is 5.62. The van der Waals surface area contributed by atoms with Crippen molar-refractivity contribution in [2.24, 2.45) is 0 Å². The SMILES string of the molecule is N#CCCn1cc(C(=O)COC(=O)Cc2ccc(F)cc2)c2ccccc21. The van der Waals surface area contributed by atoms with E-state index in [0.717, 1.165) is 10.9 Å². The second kappa shape index (κ2) is 8.28. The number of aromatic nitrogens is 1. The van der Waals surface area contributed by atoms with Crippen LogP contribution in [0.5, 0.6) is 0 Å². The molecule has 0 fully saturated rings. The number of para-hydroxylation sites is 1. The van der Waals surface area contributed by atoms with Gasteiger partial charge in [0.2, 0.25) is 5.78 Å². The van der Waals surface area contributed by atoms with Crippen LogP contribution in [0.15, 0.2) is 54.7 Å². The van der Waals surface area contributed by atoms with Crippen LogP contribution < -0.4 is 0 Å². The summed E-state index contributed by atoms with van der Waals surface area (Å²) in [5.41, 5.74) is 1.92. The molecule has 0 unspecified atom stereocenters. The van der Waals surface area contributed by atoms with Gasteiger partial charge >= 0.3 is 5.97 Å². The molecule has 5 nitrogen and oxygen atoms in total. The average Bonchev–Trinajstić information content (AvgIpc) is 3.05. The molecule has 3 rings (SSSR count). The number of ketones is 1. The zero-order valence-electron chi connectivity index (χ0n) is 14.5. The summed E-state index contributed by atoms with van der Waals surface area (Å²) >= 11 is 0. The Bertz CT molecular complexity index is 1020. The fourth-order valence-corrected chi connectivity index (χ4v) is 2.87. The van der Waals surface area contributed by atoms with Crippen molar-refractivity contribution in [3.05, 3.63) is 71.7 Å². The highest BCUT2D eigenvalue weighted by Crippen LogP contribution is 2.22. The number of nitriles is 1. The molecule has 3 aromatic rings. The van der Waals surface area contributed by atoms with E-state index in [0.29, 0.717) is 24.1 Å². The van der Waals surface area contributed by atoms with Crippen LogP contribution in [0.25, 0.3) is 10.9 Å². The van der Waals surface area contributed by atoms with Crippen LogP contribution in [-0.2, 0) is 22.5 Å². The number of Topliss-reactive ketones (excluding diaryl/α,β-unsaturated/α-hetero) is 1. The Morgan fingerprint density at radius 3 is 2.59 bits per heavy atom. The summed E-state index contributed by atoms with van der Waals surface area (Å²) in [6.07, 6.45) is 1.99. The van der Waals surface area contributed by atoms with Crippen molar-refractivity contribution >= 4 is 22.7 Å². The van der Waals surface area contributed by atoms with E-state index in [1.165, 1.54) is 24.3 Å². The fraction of sp³-hybridized carbons (Fsp3) is 0.190. The summed E-state index contributed by atoms with van der Waals surface area (Å²) in [5.74, 6) is -1.24. The molecule has 0 N–H and O–H groups in total. The largest absolute Gasteiger partial charge is 0.457 e. The molecule has 1 aromatic heterocycles. The minimum atomic E-state index is -0.553. The van der Waals surface area contributed by atoms with Crippen LogP contribution in [0.4, 0.5) is 4.39 Å². The third-order valence-electron chi connectivity index (χ3n) is 4.18. The highest BCUT2D eigenvalue weighted by atomic mass is 19.1. The van der Waals surface area contributed by atoms with E-state index in [2.05, 4.69) is 6.07 Å². The number of carbonyl (C=O) groups is 2. The molecule has 0 aliphatic heterocycles. The van der Waals surface area contributed by atoms with Gasteiger partial charge in [-0.2, -0.15) is 5.26 Å². The summed E-state index contributed by atoms with van der Waals surface area (Å²) < 4.78 is 19.8. The molecular formula is C21H17FN2O3. The van der Waals surface area contributed by atoms with E-state index in [1.807, 2.05) is 28.8 Å². The van der Waals surface area contributed by atoms with E-state index in [4.69, 9.17) is 10.00 Å². The van der Waals surface area contributed by atoms with Crippen molar-refractivity contribution < 1.29 is 18.7 Å². The van der Waals surface area contributed by atoms with Gasteiger partial charge in [-0.3, -0.25) is 9.59 Å². The Labute approximate surface area is 155 Å². The van der Waals surface area contributed by atoms with Gasteiger partial charge in [0.15, 0.2) is 6.61 Å². The van der Waals surface area contributed by atoms with Gasteiger partial charge in [0.1, 0.15) is 5.82 Å². The lowest BCUT2D eigenvalue weighted by molar-refractivity contribution is -0.141. The number of carbonyl (C=O) groups excluding carboxylic acids is 2. The molecule has 0 aliphatic rings. The number of fused-ring (bicyclic) bond motifs is 1. The molecule has 136 valence electrons. The fourth-order valence-electron chi connectivity index (χ4n) is 2.87. The highest BCUT2D eigenvalue weighted by Gasteiger charge is 2.16. The van der Waals surface area contributed by atoms with Crippen molar-refractivity contribution in [2.75, 3.05) is 6.61 Å². The summed E-state index contributed by atoms with van der Waals surface area (Å²) in [6, 6.07) is 15.0. The summed E-state index contributed by atoms with van der Waals surface area (Å²) in [4.78, 5) is 24.5. The van der Waals surface area contributed by atoms with Crippen molar-refractivity contribution in [2.45, 2.75) is 19.4 Å². The average molecular weight is 364 g/mol. The first-order chi connectivity index (χ1) is 13.1. The van der Waals surface area contributed by atoms with E-state index in [1.54, 1.807) is 6.20 Å². The van der Waals surface area contributed by atoms with Gasteiger partial charge in [0.05, 0.1) is 18.9 Å². The van der Waals surface area contributed by atoms with E-state index in [-0.39, 0.29) is 24.6 Å².